The molecule has 0 bridgehead atoms. The standard InChI is InChI=1S/C21H16F3N3OS/c1-12-3-8-16(13(2)9-12)17-11-29-19(25-17)10-18-26-20(27-28-18)14-4-6-15(7-5-14)21(22,23)24/h3-9,11H,10H2,1-2H3. The first-order valence-corrected chi connectivity index (χ1v) is 9.70. The second-order valence-electron chi connectivity index (χ2n) is 6.71. The number of aromatic nitrogens is 3. The quantitative estimate of drug-likeness (QED) is 0.405. The fourth-order valence-corrected chi connectivity index (χ4v) is 3.78. The number of thiazole rings is 1. The smallest absolute Gasteiger partial charge is 0.339 e. The summed E-state index contributed by atoms with van der Waals surface area (Å²) in [6.45, 7) is 4.10. The second-order valence-corrected chi connectivity index (χ2v) is 7.65. The van der Waals surface area contributed by atoms with E-state index in [4.69, 9.17) is 4.52 Å². The summed E-state index contributed by atoms with van der Waals surface area (Å²) >= 11 is 1.50. The zero-order valence-corrected chi connectivity index (χ0v) is 16.4. The minimum absolute atomic E-state index is 0.250. The molecule has 0 aliphatic carbocycles. The van der Waals surface area contributed by atoms with Gasteiger partial charge in [-0.05, 0) is 31.5 Å². The van der Waals surface area contributed by atoms with E-state index in [1.165, 1.54) is 29.0 Å². The lowest BCUT2D eigenvalue weighted by Gasteiger charge is -2.05. The Bertz CT molecular complexity index is 1150. The van der Waals surface area contributed by atoms with Gasteiger partial charge in [-0.25, -0.2) is 4.98 Å². The van der Waals surface area contributed by atoms with Crippen molar-refractivity contribution < 1.29 is 17.7 Å². The number of hydrogen-bond donors (Lipinski definition) is 0. The zero-order chi connectivity index (χ0) is 20.6. The van der Waals surface area contributed by atoms with Crippen molar-refractivity contribution in [3.05, 3.63) is 75.4 Å². The summed E-state index contributed by atoms with van der Waals surface area (Å²) in [5.41, 5.74) is 4.07. The number of aryl methyl sites for hydroxylation is 2. The molecule has 0 saturated carbocycles. The zero-order valence-electron chi connectivity index (χ0n) is 15.6. The number of hydrogen-bond acceptors (Lipinski definition) is 5. The van der Waals surface area contributed by atoms with Gasteiger partial charge in [0, 0.05) is 16.5 Å². The third-order valence-electron chi connectivity index (χ3n) is 4.45. The van der Waals surface area contributed by atoms with Crippen LogP contribution in [0.25, 0.3) is 22.6 Å². The van der Waals surface area contributed by atoms with Crippen LogP contribution in [0.2, 0.25) is 0 Å². The molecule has 0 fully saturated rings. The first-order chi connectivity index (χ1) is 13.8. The fourth-order valence-electron chi connectivity index (χ4n) is 3.00. The van der Waals surface area contributed by atoms with E-state index in [1.54, 1.807) is 0 Å². The van der Waals surface area contributed by atoms with Gasteiger partial charge in [0.05, 0.1) is 17.7 Å². The van der Waals surface area contributed by atoms with Gasteiger partial charge in [0.1, 0.15) is 5.01 Å². The summed E-state index contributed by atoms with van der Waals surface area (Å²) in [7, 11) is 0. The summed E-state index contributed by atoms with van der Waals surface area (Å²) in [6, 6.07) is 10.9. The molecule has 4 rings (SSSR count). The van der Waals surface area contributed by atoms with Crippen molar-refractivity contribution in [3.8, 4) is 22.6 Å². The Morgan fingerprint density at radius 2 is 1.76 bits per heavy atom. The van der Waals surface area contributed by atoms with Crippen LogP contribution < -0.4 is 0 Å². The minimum Gasteiger partial charge on any atom is -0.339 e. The molecule has 0 aliphatic rings. The minimum atomic E-state index is -4.38. The summed E-state index contributed by atoms with van der Waals surface area (Å²) in [5, 5.41) is 6.68. The maximum Gasteiger partial charge on any atom is 0.416 e. The van der Waals surface area contributed by atoms with Crippen LogP contribution >= 0.6 is 11.3 Å². The Labute approximate surface area is 169 Å². The molecule has 4 aromatic rings. The number of halogens is 3. The van der Waals surface area contributed by atoms with Gasteiger partial charge < -0.3 is 4.52 Å². The molecule has 148 valence electrons. The van der Waals surface area contributed by atoms with Gasteiger partial charge in [0.15, 0.2) is 0 Å². The molecule has 0 saturated heterocycles. The Kier molecular flexibility index (Phi) is 4.96. The average molecular weight is 415 g/mol. The SMILES string of the molecule is Cc1ccc(-c2csc(Cc3nc(-c4ccc(C(F)(F)F)cc4)no3)n2)c(C)c1. The lowest BCUT2D eigenvalue weighted by molar-refractivity contribution is -0.137. The third kappa shape index (κ3) is 4.22. The number of nitrogens with zero attached hydrogens (tertiary/aromatic N) is 3. The molecule has 4 nitrogen and oxygen atoms in total. The molecule has 0 aliphatic heterocycles. The van der Waals surface area contributed by atoms with Crippen molar-refractivity contribution in [1.29, 1.82) is 0 Å². The normalized spacial score (nSPS) is 11.8. The molecule has 2 aromatic heterocycles. The van der Waals surface area contributed by atoms with E-state index in [2.05, 4.69) is 40.2 Å². The van der Waals surface area contributed by atoms with Gasteiger partial charge >= 0.3 is 6.18 Å². The second kappa shape index (κ2) is 7.44. The van der Waals surface area contributed by atoms with Crippen LogP contribution in [0.15, 0.2) is 52.4 Å². The molecule has 8 heteroatoms. The molecule has 0 radical (unpaired) electrons. The van der Waals surface area contributed by atoms with E-state index in [9.17, 15) is 13.2 Å². The van der Waals surface area contributed by atoms with E-state index < -0.39 is 11.7 Å². The highest BCUT2D eigenvalue weighted by Gasteiger charge is 2.30. The molecule has 0 N–H and O–H groups in total. The average Bonchev–Trinajstić information content (AvgIpc) is 3.31. The molecule has 2 heterocycles. The third-order valence-corrected chi connectivity index (χ3v) is 5.30. The van der Waals surface area contributed by atoms with Crippen molar-refractivity contribution in [2.75, 3.05) is 0 Å². The van der Waals surface area contributed by atoms with Gasteiger partial charge in [-0.1, -0.05) is 41.1 Å². The fraction of sp³-hybridized carbons (Fsp3) is 0.190. The van der Waals surface area contributed by atoms with E-state index in [0.29, 0.717) is 17.9 Å². The topological polar surface area (TPSA) is 51.8 Å². The number of alkyl halides is 3. The van der Waals surface area contributed by atoms with Gasteiger partial charge in [-0.3, -0.25) is 0 Å². The van der Waals surface area contributed by atoms with Crippen LogP contribution in [-0.2, 0) is 12.6 Å². The summed E-state index contributed by atoms with van der Waals surface area (Å²) in [4.78, 5) is 8.94. The van der Waals surface area contributed by atoms with E-state index in [1.807, 2.05) is 12.3 Å². The highest BCUT2D eigenvalue weighted by molar-refractivity contribution is 7.10. The van der Waals surface area contributed by atoms with E-state index in [-0.39, 0.29) is 5.82 Å². The Morgan fingerprint density at radius 1 is 1.00 bits per heavy atom. The lowest BCUT2D eigenvalue weighted by Crippen LogP contribution is -2.04. The first kappa shape index (κ1) is 19.3. The molecular weight excluding hydrogens is 399 g/mol. The maximum absolute atomic E-state index is 12.7. The van der Waals surface area contributed by atoms with Crippen LogP contribution in [0.3, 0.4) is 0 Å². The highest BCUT2D eigenvalue weighted by atomic mass is 32.1. The van der Waals surface area contributed by atoms with Gasteiger partial charge in [-0.2, -0.15) is 18.2 Å². The molecule has 2 aromatic carbocycles. The van der Waals surface area contributed by atoms with Crippen molar-refractivity contribution in [1.82, 2.24) is 15.1 Å². The Morgan fingerprint density at radius 3 is 2.45 bits per heavy atom. The predicted octanol–water partition coefficient (Wildman–Crippen LogP) is 6.09. The van der Waals surface area contributed by atoms with Gasteiger partial charge in [0.25, 0.3) is 0 Å². The lowest BCUT2D eigenvalue weighted by atomic mass is 10.0. The van der Waals surface area contributed by atoms with E-state index in [0.717, 1.165) is 34.0 Å². The monoisotopic (exact) mass is 415 g/mol. The van der Waals surface area contributed by atoms with Crippen LogP contribution in [0.5, 0.6) is 0 Å². The van der Waals surface area contributed by atoms with Crippen molar-refractivity contribution in [2.45, 2.75) is 26.4 Å². The van der Waals surface area contributed by atoms with Gasteiger partial charge in [-0.15, -0.1) is 11.3 Å². The molecule has 0 atom stereocenters. The number of rotatable bonds is 4. The van der Waals surface area contributed by atoms with Crippen molar-refractivity contribution in [3.63, 3.8) is 0 Å². The van der Waals surface area contributed by atoms with Crippen LogP contribution in [0.4, 0.5) is 13.2 Å². The molecular formula is C21H16F3N3OS. The summed E-state index contributed by atoms with van der Waals surface area (Å²) < 4.78 is 43.3. The summed E-state index contributed by atoms with van der Waals surface area (Å²) in [6.07, 6.45) is -4.01. The van der Waals surface area contributed by atoms with Gasteiger partial charge in [0.2, 0.25) is 11.7 Å². The maximum atomic E-state index is 12.7. The predicted molar refractivity (Wildman–Crippen MR) is 105 cm³/mol. The summed E-state index contributed by atoms with van der Waals surface area (Å²) in [5.74, 6) is 0.612. The molecule has 29 heavy (non-hydrogen) atoms. The molecule has 0 unspecified atom stereocenters. The molecule has 0 spiro atoms. The number of benzene rings is 2. The Hall–Kier alpha value is -3.00. The highest BCUT2D eigenvalue weighted by Crippen LogP contribution is 2.31. The van der Waals surface area contributed by atoms with E-state index >= 15 is 0 Å². The van der Waals surface area contributed by atoms with Crippen LogP contribution in [0.1, 0.15) is 27.6 Å². The van der Waals surface area contributed by atoms with Crippen molar-refractivity contribution >= 4 is 11.3 Å². The first-order valence-electron chi connectivity index (χ1n) is 8.82. The Balaban J connectivity index is 1.50. The van der Waals surface area contributed by atoms with Crippen LogP contribution in [0, 0.1) is 13.8 Å². The van der Waals surface area contributed by atoms with Crippen molar-refractivity contribution in [2.24, 2.45) is 0 Å². The largest absolute Gasteiger partial charge is 0.416 e. The molecule has 0 amide bonds. The van der Waals surface area contributed by atoms with Crippen LogP contribution in [-0.4, -0.2) is 15.1 Å².